The van der Waals surface area contributed by atoms with Crippen LogP contribution < -0.4 is 0 Å². The van der Waals surface area contributed by atoms with Gasteiger partial charge in [-0.15, -0.1) is 0 Å². The molecular formula is C14H29NO. The Balaban J connectivity index is 0.000000606. The Morgan fingerprint density at radius 2 is 1.88 bits per heavy atom. The Morgan fingerprint density at radius 1 is 1.25 bits per heavy atom. The summed E-state index contributed by atoms with van der Waals surface area (Å²) in [5.74, 6) is 0.820. The molecule has 0 aromatic heterocycles. The number of hydrogen-bond acceptors (Lipinski definition) is 2. The maximum Gasteiger partial charge on any atom is 0.0804 e. The first-order valence-electron chi connectivity index (χ1n) is 7.12. The summed E-state index contributed by atoms with van der Waals surface area (Å²) in [5, 5.41) is 10.2. The van der Waals surface area contributed by atoms with E-state index in [-0.39, 0.29) is 5.60 Å². The number of aliphatic hydroxyl groups is 1. The van der Waals surface area contributed by atoms with Gasteiger partial charge in [-0.1, -0.05) is 27.7 Å². The zero-order valence-corrected chi connectivity index (χ0v) is 11.5. The van der Waals surface area contributed by atoms with Gasteiger partial charge in [0.25, 0.3) is 0 Å². The molecule has 0 aromatic rings. The minimum Gasteiger partial charge on any atom is -0.388 e. The van der Waals surface area contributed by atoms with Crippen LogP contribution in [0.2, 0.25) is 0 Å². The topological polar surface area (TPSA) is 23.5 Å². The number of nitrogens with zero attached hydrogens (tertiary/aromatic N) is 1. The molecule has 2 atom stereocenters. The summed E-state index contributed by atoms with van der Waals surface area (Å²) < 4.78 is 0. The largest absolute Gasteiger partial charge is 0.388 e. The molecule has 1 N–H and O–H groups in total. The van der Waals surface area contributed by atoms with E-state index in [4.69, 9.17) is 0 Å². The molecule has 2 rings (SSSR count). The second-order valence-electron chi connectivity index (χ2n) is 5.30. The molecule has 0 aromatic carbocycles. The molecule has 1 heterocycles. The fourth-order valence-electron chi connectivity index (χ4n) is 2.85. The average molecular weight is 227 g/mol. The van der Waals surface area contributed by atoms with Crippen LogP contribution in [0.1, 0.15) is 59.8 Å². The van der Waals surface area contributed by atoms with Crippen LogP contribution in [0.25, 0.3) is 0 Å². The summed E-state index contributed by atoms with van der Waals surface area (Å²) in [5.41, 5.74) is -0.296. The van der Waals surface area contributed by atoms with Crippen molar-refractivity contribution in [2.45, 2.75) is 71.4 Å². The van der Waals surface area contributed by atoms with Crippen LogP contribution in [-0.2, 0) is 0 Å². The number of likely N-dealkylation sites (tertiary alicyclic amines) is 1. The van der Waals surface area contributed by atoms with Crippen molar-refractivity contribution >= 4 is 0 Å². The molecule has 2 heteroatoms. The van der Waals surface area contributed by atoms with Gasteiger partial charge in [-0.2, -0.15) is 0 Å². The van der Waals surface area contributed by atoms with E-state index in [1.165, 1.54) is 25.8 Å². The van der Waals surface area contributed by atoms with Crippen LogP contribution in [0.3, 0.4) is 0 Å². The summed E-state index contributed by atoms with van der Waals surface area (Å²) >= 11 is 0. The minimum absolute atomic E-state index is 0.296. The Bertz CT molecular complexity index is 201. The maximum atomic E-state index is 10.2. The molecule has 0 radical (unpaired) electrons. The Kier molecular flexibility index (Phi) is 5.26. The van der Waals surface area contributed by atoms with E-state index in [2.05, 4.69) is 18.7 Å². The normalized spacial score (nSPS) is 32.8. The quantitative estimate of drug-likeness (QED) is 0.801. The van der Waals surface area contributed by atoms with Crippen molar-refractivity contribution in [3.63, 3.8) is 0 Å². The van der Waals surface area contributed by atoms with Gasteiger partial charge in [0.05, 0.1) is 5.60 Å². The summed E-state index contributed by atoms with van der Waals surface area (Å²) in [6, 6.07) is 0.471. The van der Waals surface area contributed by atoms with E-state index in [1.807, 2.05) is 13.8 Å². The minimum atomic E-state index is -0.296. The van der Waals surface area contributed by atoms with E-state index in [0.717, 1.165) is 25.3 Å². The lowest BCUT2D eigenvalue weighted by molar-refractivity contribution is -0.00465. The summed E-state index contributed by atoms with van der Waals surface area (Å²) in [4.78, 5) is 2.53. The van der Waals surface area contributed by atoms with Gasteiger partial charge >= 0.3 is 0 Å². The Hall–Kier alpha value is -0.0800. The average Bonchev–Trinajstić information content (AvgIpc) is 3.01. The van der Waals surface area contributed by atoms with Gasteiger partial charge in [0.15, 0.2) is 0 Å². The highest BCUT2D eigenvalue weighted by Crippen LogP contribution is 2.44. The predicted molar refractivity (Wildman–Crippen MR) is 69.6 cm³/mol. The third-order valence-corrected chi connectivity index (χ3v) is 3.81. The standard InChI is InChI=1S/C12H23NO.C2H6/c1-3-8-13-9-10(2)4-5-11(13)12(14)6-7-12;1-2/h10-11,14H,3-9H2,1-2H3;1-2H3/t10-,11-;/m1./s1. The van der Waals surface area contributed by atoms with Gasteiger partial charge < -0.3 is 5.11 Å². The monoisotopic (exact) mass is 227 g/mol. The molecule has 0 spiro atoms. The van der Waals surface area contributed by atoms with Crippen LogP contribution in [0.5, 0.6) is 0 Å². The van der Waals surface area contributed by atoms with E-state index in [0.29, 0.717) is 6.04 Å². The molecule has 96 valence electrons. The number of piperidine rings is 1. The van der Waals surface area contributed by atoms with Crippen LogP contribution >= 0.6 is 0 Å². The molecule has 1 saturated heterocycles. The highest BCUT2D eigenvalue weighted by atomic mass is 16.3. The second-order valence-corrected chi connectivity index (χ2v) is 5.30. The zero-order valence-electron chi connectivity index (χ0n) is 11.5. The lowest BCUT2D eigenvalue weighted by atomic mass is 9.90. The molecule has 16 heavy (non-hydrogen) atoms. The molecule has 2 aliphatic rings. The Morgan fingerprint density at radius 3 is 2.38 bits per heavy atom. The summed E-state index contributed by atoms with van der Waals surface area (Å²) in [7, 11) is 0. The van der Waals surface area contributed by atoms with Gasteiger partial charge in [-0.25, -0.2) is 0 Å². The Labute approximate surface area is 101 Å². The fourth-order valence-corrected chi connectivity index (χ4v) is 2.85. The molecule has 1 aliphatic carbocycles. The van der Waals surface area contributed by atoms with Gasteiger partial charge in [0.2, 0.25) is 0 Å². The fraction of sp³-hybridized carbons (Fsp3) is 1.00. The SMILES string of the molecule is CC.CCCN1C[C@H](C)CC[C@@H]1C1(O)CC1. The highest BCUT2D eigenvalue weighted by molar-refractivity contribution is 5.05. The van der Waals surface area contributed by atoms with Crippen LogP contribution in [-0.4, -0.2) is 34.7 Å². The number of rotatable bonds is 3. The molecule has 0 amide bonds. The van der Waals surface area contributed by atoms with Gasteiger partial charge in [-0.05, 0) is 44.6 Å². The van der Waals surface area contributed by atoms with Crippen molar-refractivity contribution in [1.82, 2.24) is 4.90 Å². The smallest absolute Gasteiger partial charge is 0.0804 e. The predicted octanol–water partition coefficient (Wildman–Crippen LogP) is 3.05. The van der Waals surface area contributed by atoms with Crippen molar-refractivity contribution in [2.24, 2.45) is 5.92 Å². The van der Waals surface area contributed by atoms with Gasteiger partial charge in [0, 0.05) is 12.6 Å². The summed E-state index contributed by atoms with van der Waals surface area (Å²) in [6.07, 6.45) is 5.78. The van der Waals surface area contributed by atoms with Crippen LogP contribution in [0.4, 0.5) is 0 Å². The van der Waals surface area contributed by atoms with Crippen LogP contribution in [0.15, 0.2) is 0 Å². The molecule has 1 saturated carbocycles. The third kappa shape index (κ3) is 3.21. The van der Waals surface area contributed by atoms with Crippen molar-refractivity contribution in [2.75, 3.05) is 13.1 Å². The van der Waals surface area contributed by atoms with E-state index >= 15 is 0 Å². The molecule has 1 aliphatic heterocycles. The lowest BCUT2D eigenvalue weighted by Crippen LogP contribution is -2.50. The molecule has 2 nitrogen and oxygen atoms in total. The summed E-state index contributed by atoms with van der Waals surface area (Å²) in [6.45, 7) is 10.9. The van der Waals surface area contributed by atoms with E-state index in [1.54, 1.807) is 0 Å². The first kappa shape index (κ1) is 14.0. The molecule has 0 bridgehead atoms. The van der Waals surface area contributed by atoms with Crippen molar-refractivity contribution in [3.8, 4) is 0 Å². The lowest BCUT2D eigenvalue weighted by Gasteiger charge is -2.41. The highest BCUT2D eigenvalue weighted by Gasteiger charge is 2.50. The van der Waals surface area contributed by atoms with Crippen LogP contribution in [0, 0.1) is 5.92 Å². The first-order chi connectivity index (χ1) is 7.65. The van der Waals surface area contributed by atoms with E-state index in [9.17, 15) is 5.11 Å². The zero-order chi connectivity index (χ0) is 12.2. The molecule has 2 fully saturated rings. The van der Waals surface area contributed by atoms with Gasteiger partial charge in [-0.3, -0.25) is 4.90 Å². The maximum absolute atomic E-state index is 10.2. The molecular weight excluding hydrogens is 198 g/mol. The van der Waals surface area contributed by atoms with Crippen molar-refractivity contribution in [3.05, 3.63) is 0 Å². The third-order valence-electron chi connectivity index (χ3n) is 3.81. The van der Waals surface area contributed by atoms with E-state index < -0.39 is 0 Å². The second kappa shape index (κ2) is 6.02. The van der Waals surface area contributed by atoms with Crippen molar-refractivity contribution in [1.29, 1.82) is 0 Å². The molecule has 0 unspecified atom stereocenters. The van der Waals surface area contributed by atoms with Crippen molar-refractivity contribution < 1.29 is 5.11 Å². The van der Waals surface area contributed by atoms with Gasteiger partial charge in [0.1, 0.15) is 0 Å². The number of hydrogen-bond donors (Lipinski definition) is 1. The first-order valence-corrected chi connectivity index (χ1v) is 7.12.